The number of fused-ring (bicyclic) bond motifs is 2. The summed E-state index contributed by atoms with van der Waals surface area (Å²) in [5.41, 5.74) is 1.60. The number of hydrogen-bond donors (Lipinski definition) is 0. The lowest BCUT2D eigenvalue weighted by Crippen LogP contribution is -2.68. The standard InChI is InChI=1S/C18H20ClFN4/c1-11-6-18(22-12(2)21-11)23-8-13-7-14(9-23)24(13)10-15-16(19)4-3-5-17(15)20/h3-6,13-14H,7-10H2,1-2H3. The van der Waals surface area contributed by atoms with Gasteiger partial charge in [-0.3, -0.25) is 4.90 Å². The lowest BCUT2D eigenvalue weighted by atomic mass is 9.86. The smallest absolute Gasteiger partial charge is 0.132 e. The second-order valence-corrected chi connectivity index (χ2v) is 7.14. The van der Waals surface area contributed by atoms with E-state index in [4.69, 9.17) is 11.6 Å². The summed E-state index contributed by atoms with van der Waals surface area (Å²) in [6, 6.07) is 7.78. The quantitative estimate of drug-likeness (QED) is 0.853. The molecule has 0 saturated carbocycles. The maximum Gasteiger partial charge on any atom is 0.132 e. The van der Waals surface area contributed by atoms with Gasteiger partial charge in [-0.05, 0) is 32.4 Å². The van der Waals surface area contributed by atoms with Gasteiger partial charge in [0.2, 0.25) is 0 Å². The number of benzene rings is 1. The number of piperazine rings is 1. The van der Waals surface area contributed by atoms with Crippen molar-refractivity contribution in [3.63, 3.8) is 0 Å². The van der Waals surface area contributed by atoms with Crippen LogP contribution in [0, 0.1) is 19.7 Å². The SMILES string of the molecule is Cc1cc(N2CC3CC(C2)N3Cc2c(F)cccc2Cl)nc(C)n1. The van der Waals surface area contributed by atoms with Crippen LogP contribution in [0.2, 0.25) is 5.02 Å². The van der Waals surface area contributed by atoms with Crippen molar-refractivity contribution in [2.24, 2.45) is 0 Å². The molecule has 0 spiro atoms. The predicted octanol–water partition coefficient (Wildman–Crippen LogP) is 3.35. The average Bonchev–Trinajstić information content (AvgIpc) is 2.53. The van der Waals surface area contributed by atoms with Gasteiger partial charge < -0.3 is 4.90 Å². The van der Waals surface area contributed by atoms with E-state index in [-0.39, 0.29) is 5.82 Å². The summed E-state index contributed by atoms with van der Waals surface area (Å²) in [6.45, 7) is 6.33. The summed E-state index contributed by atoms with van der Waals surface area (Å²) in [7, 11) is 0. The zero-order valence-corrected chi connectivity index (χ0v) is 14.6. The highest BCUT2D eigenvalue weighted by Crippen LogP contribution is 2.36. The molecule has 0 radical (unpaired) electrons. The Kier molecular flexibility index (Phi) is 3.93. The molecule has 1 aromatic carbocycles. The third-order valence-electron chi connectivity index (χ3n) is 5.02. The lowest BCUT2D eigenvalue weighted by molar-refractivity contribution is -0.00945. The summed E-state index contributed by atoms with van der Waals surface area (Å²) in [4.78, 5) is 13.6. The van der Waals surface area contributed by atoms with Crippen LogP contribution in [0.3, 0.4) is 0 Å². The Bertz CT molecular complexity index is 729. The Morgan fingerprint density at radius 3 is 2.62 bits per heavy atom. The lowest BCUT2D eigenvalue weighted by Gasteiger charge is -2.56. The van der Waals surface area contributed by atoms with Crippen LogP contribution in [0.4, 0.5) is 10.2 Å². The van der Waals surface area contributed by atoms with Gasteiger partial charge in [0.15, 0.2) is 0 Å². The number of nitrogens with zero attached hydrogens (tertiary/aromatic N) is 4. The Morgan fingerprint density at radius 2 is 1.96 bits per heavy atom. The highest BCUT2D eigenvalue weighted by atomic mass is 35.5. The molecule has 4 heterocycles. The Morgan fingerprint density at radius 1 is 1.21 bits per heavy atom. The molecule has 3 aliphatic rings. The second-order valence-electron chi connectivity index (χ2n) is 6.74. The van der Waals surface area contributed by atoms with Crippen LogP contribution in [0.5, 0.6) is 0 Å². The molecule has 1 aromatic heterocycles. The summed E-state index contributed by atoms with van der Waals surface area (Å²) in [5, 5.41) is 0.513. The molecule has 2 unspecified atom stereocenters. The van der Waals surface area contributed by atoms with Gasteiger partial charge in [0.1, 0.15) is 17.5 Å². The molecule has 2 aromatic rings. The third-order valence-corrected chi connectivity index (χ3v) is 5.38. The first-order chi connectivity index (χ1) is 11.5. The third kappa shape index (κ3) is 2.76. The van der Waals surface area contributed by atoms with Gasteiger partial charge >= 0.3 is 0 Å². The van der Waals surface area contributed by atoms with Crippen LogP contribution in [0.1, 0.15) is 23.5 Å². The fourth-order valence-electron chi connectivity index (χ4n) is 3.86. The van der Waals surface area contributed by atoms with Crippen molar-refractivity contribution < 1.29 is 4.39 Å². The van der Waals surface area contributed by atoms with E-state index in [1.807, 2.05) is 19.9 Å². The number of rotatable bonds is 3. The molecule has 3 saturated heterocycles. The van der Waals surface area contributed by atoms with E-state index in [0.29, 0.717) is 29.2 Å². The molecular weight excluding hydrogens is 327 g/mol. The number of anilines is 1. The van der Waals surface area contributed by atoms with Crippen LogP contribution in [-0.2, 0) is 6.54 Å². The maximum atomic E-state index is 14.0. The molecule has 4 nitrogen and oxygen atoms in total. The number of piperidine rings is 1. The van der Waals surface area contributed by atoms with Crippen LogP contribution in [0.15, 0.2) is 24.3 Å². The Balaban J connectivity index is 1.49. The van der Waals surface area contributed by atoms with Gasteiger partial charge in [-0.25, -0.2) is 14.4 Å². The van der Waals surface area contributed by atoms with Gasteiger partial charge in [-0.2, -0.15) is 0 Å². The highest BCUT2D eigenvalue weighted by Gasteiger charge is 2.45. The average molecular weight is 347 g/mol. The second kappa shape index (κ2) is 5.97. The molecule has 0 N–H and O–H groups in total. The molecule has 0 aliphatic carbocycles. The summed E-state index contributed by atoms with van der Waals surface area (Å²) in [5.74, 6) is 1.59. The van der Waals surface area contributed by atoms with Crippen molar-refractivity contribution in [2.75, 3.05) is 18.0 Å². The molecule has 3 aliphatic heterocycles. The van der Waals surface area contributed by atoms with Gasteiger partial charge in [0, 0.05) is 54.1 Å². The van der Waals surface area contributed by atoms with Crippen LogP contribution in [-0.4, -0.2) is 40.0 Å². The first-order valence-electron chi connectivity index (χ1n) is 8.27. The molecule has 2 atom stereocenters. The highest BCUT2D eigenvalue weighted by molar-refractivity contribution is 6.31. The van der Waals surface area contributed by atoms with Gasteiger partial charge in [0.05, 0.1) is 0 Å². The normalized spacial score (nSPS) is 23.2. The van der Waals surface area contributed by atoms with Gasteiger partial charge in [-0.15, -0.1) is 0 Å². The Labute approximate surface area is 146 Å². The van der Waals surface area contributed by atoms with Crippen LogP contribution >= 0.6 is 11.6 Å². The first kappa shape index (κ1) is 15.8. The van der Waals surface area contributed by atoms with Crippen molar-refractivity contribution in [3.05, 3.63) is 52.2 Å². The zero-order chi connectivity index (χ0) is 16.8. The van der Waals surface area contributed by atoms with Crippen LogP contribution in [0.25, 0.3) is 0 Å². The molecule has 24 heavy (non-hydrogen) atoms. The largest absolute Gasteiger partial charge is 0.353 e. The van der Waals surface area contributed by atoms with E-state index >= 15 is 0 Å². The van der Waals surface area contributed by atoms with Gasteiger partial charge in [0.25, 0.3) is 0 Å². The minimum atomic E-state index is -0.216. The summed E-state index contributed by atoms with van der Waals surface area (Å²) < 4.78 is 14.0. The van der Waals surface area contributed by atoms with E-state index in [2.05, 4.69) is 19.8 Å². The fourth-order valence-corrected chi connectivity index (χ4v) is 4.08. The van der Waals surface area contributed by atoms with E-state index in [1.54, 1.807) is 12.1 Å². The summed E-state index contributed by atoms with van der Waals surface area (Å²) in [6.07, 6.45) is 1.16. The maximum absolute atomic E-state index is 14.0. The molecule has 3 fully saturated rings. The first-order valence-corrected chi connectivity index (χ1v) is 8.65. The number of halogens is 2. The van der Waals surface area contributed by atoms with Crippen molar-refractivity contribution >= 4 is 17.4 Å². The molecule has 6 heteroatoms. The molecule has 0 amide bonds. The van der Waals surface area contributed by atoms with Crippen molar-refractivity contribution in [1.29, 1.82) is 0 Å². The predicted molar refractivity (Wildman–Crippen MR) is 92.9 cm³/mol. The summed E-state index contributed by atoms with van der Waals surface area (Å²) >= 11 is 6.18. The minimum absolute atomic E-state index is 0.216. The molecule has 2 bridgehead atoms. The van der Waals surface area contributed by atoms with Crippen molar-refractivity contribution in [3.8, 4) is 0 Å². The zero-order valence-electron chi connectivity index (χ0n) is 13.8. The Hall–Kier alpha value is -1.72. The molecule has 5 rings (SSSR count). The monoisotopic (exact) mass is 346 g/mol. The van der Waals surface area contributed by atoms with E-state index in [0.717, 1.165) is 36.8 Å². The number of hydrogen-bond acceptors (Lipinski definition) is 4. The topological polar surface area (TPSA) is 32.3 Å². The van der Waals surface area contributed by atoms with Crippen molar-refractivity contribution in [1.82, 2.24) is 14.9 Å². The minimum Gasteiger partial charge on any atom is -0.353 e. The number of aryl methyl sites for hydroxylation is 2. The molecule has 126 valence electrons. The fraction of sp³-hybridized carbons (Fsp3) is 0.444. The number of aromatic nitrogens is 2. The van der Waals surface area contributed by atoms with E-state index < -0.39 is 0 Å². The van der Waals surface area contributed by atoms with E-state index in [1.165, 1.54) is 6.07 Å². The molecular formula is C18H20ClFN4. The van der Waals surface area contributed by atoms with Gasteiger partial charge in [-0.1, -0.05) is 17.7 Å². The van der Waals surface area contributed by atoms with E-state index in [9.17, 15) is 4.39 Å². The van der Waals surface area contributed by atoms with Crippen LogP contribution < -0.4 is 4.90 Å². The van der Waals surface area contributed by atoms with Crippen molar-refractivity contribution in [2.45, 2.75) is 38.9 Å².